The van der Waals surface area contributed by atoms with Gasteiger partial charge in [-0.3, -0.25) is 20.0 Å². The summed E-state index contributed by atoms with van der Waals surface area (Å²) in [6.07, 6.45) is -2.47. The summed E-state index contributed by atoms with van der Waals surface area (Å²) in [4.78, 5) is 58.8. The van der Waals surface area contributed by atoms with Crippen molar-refractivity contribution in [2.75, 3.05) is 60.4 Å². The molecule has 0 aliphatic rings. The Kier molecular flexibility index (Phi) is 15.2. The molecule has 0 bridgehead atoms. The number of aliphatic hydroxyl groups excluding tert-OH is 1. The van der Waals surface area contributed by atoms with Gasteiger partial charge in [0, 0.05) is 44.3 Å². The Morgan fingerprint density at radius 1 is 0.733 bits per heavy atom. The van der Waals surface area contributed by atoms with E-state index in [1.165, 1.54) is 7.11 Å². The fraction of sp³-hybridized carbons (Fsp3) is 0.523. The van der Waals surface area contributed by atoms with E-state index >= 15 is 0 Å². The van der Waals surface area contributed by atoms with Crippen LogP contribution in [0.15, 0.2) is 79.0 Å². The van der Waals surface area contributed by atoms with Crippen LogP contribution >= 0.6 is 0 Å². The normalized spacial score (nSPS) is 16.6. The number of carbonyl (C=O) groups excluding carboxylic acids is 4. The first-order chi connectivity index (χ1) is 32.3. The second-order valence-corrected chi connectivity index (χ2v) is 14.8. The molecule has 16 nitrogen and oxygen atoms in total. The second kappa shape index (κ2) is 24.8. The van der Waals surface area contributed by atoms with Crippen molar-refractivity contribution in [1.29, 1.82) is 0 Å². The molecular formula is C44H64N6O10. The molecule has 3 rings (SSSR count). The van der Waals surface area contributed by atoms with Crippen molar-refractivity contribution in [3.8, 4) is 11.3 Å². The first-order valence-electron chi connectivity index (χ1n) is 23.8. The van der Waals surface area contributed by atoms with E-state index in [1.54, 1.807) is 99.8 Å². The molecule has 0 saturated carbocycles. The molecule has 0 unspecified atom stereocenters. The van der Waals surface area contributed by atoms with Crippen LogP contribution < -0.4 is 21.4 Å². The van der Waals surface area contributed by atoms with Crippen LogP contribution in [0.1, 0.15) is 64.8 Å². The highest BCUT2D eigenvalue weighted by molar-refractivity contribution is 5.87. The minimum Gasteiger partial charge on any atom is -0.453 e. The lowest BCUT2D eigenvalue weighted by Crippen LogP contribution is -2.61. The highest BCUT2D eigenvalue weighted by atomic mass is 16.6. The van der Waals surface area contributed by atoms with Gasteiger partial charge in [-0.25, -0.2) is 14.6 Å². The number of ether oxygens (including phenoxy) is 5. The van der Waals surface area contributed by atoms with Crippen LogP contribution in [0.25, 0.3) is 11.3 Å². The smallest absolute Gasteiger partial charge is 0.407 e. The van der Waals surface area contributed by atoms with Crippen LogP contribution in [0.2, 0.25) is 0 Å². The molecule has 330 valence electrons. The Morgan fingerprint density at radius 2 is 1.35 bits per heavy atom. The molecule has 1 aromatic heterocycles. The van der Waals surface area contributed by atoms with Gasteiger partial charge in [-0.1, -0.05) is 102 Å². The number of benzene rings is 2. The highest BCUT2D eigenvalue weighted by Crippen LogP contribution is 2.23. The third kappa shape index (κ3) is 17.6. The van der Waals surface area contributed by atoms with Gasteiger partial charge in [-0.15, -0.1) is 0 Å². The van der Waals surface area contributed by atoms with Crippen molar-refractivity contribution < 1.29 is 60.3 Å². The van der Waals surface area contributed by atoms with E-state index in [0.717, 1.165) is 12.1 Å². The molecule has 2 aromatic carbocycles. The van der Waals surface area contributed by atoms with Gasteiger partial charge in [0.15, 0.2) is 0 Å². The summed E-state index contributed by atoms with van der Waals surface area (Å²) in [5, 5.41) is 20.4. The minimum absolute atomic E-state index is 0.00969. The summed E-state index contributed by atoms with van der Waals surface area (Å²) in [5.74, 6) is -2.33. The molecule has 60 heavy (non-hydrogen) atoms. The fourth-order valence-electron chi connectivity index (χ4n) is 5.71. The van der Waals surface area contributed by atoms with Crippen LogP contribution in [-0.2, 0) is 46.2 Å². The third-order valence-corrected chi connectivity index (χ3v) is 8.85. The van der Waals surface area contributed by atoms with Crippen LogP contribution in [0.4, 0.5) is 9.59 Å². The number of aromatic nitrogens is 1. The standard InChI is InChI=1S/C44H64N6O10/c1-43(2,3)37(47-41(54)57-8)39(52)46-35(28-31-14-10-9-11-15-31)36(51)30-50(29-32-17-19-33(20-18-32)34-16-12-13-21-45-34)49-40(53)38(44(4,5)6)48-42(55)60-27-26-59-25-24-58-23-22-56-7/h9-21,35-38,51H,22-30H2,1-8H3,(H,46,52)(H,47,54)(H,48,55)(H,49,53)/t35-,36-,37+,38+/m0/s1/i4D3,5D3,6D3. The monoisotopic (exact) mass is 846 g/mol. The van der Waals surface area contributed by atoms with Crippen molar-refractivity contribution in [2.45, 2.75) is 78.5 Å². The molecule has 0 radical (unpaired) electrons. The number of nitrogens with zero attached hydrogens (tertiary/aromatic N) is 2. The molecule has 0 spiro atoms. The fourth-order valence-corrected chi connectivity index (χ4v) is 5.71. The SMILES string of the molecule is [2H]C([2H])([2H])C([C@H](NC(=O)OCCOCCOCCOC)C(=O)NN(Cc1ccc(-c2ccccn2)cc1)C[C@H](O)[C@H](Cc1ccccc1)NC(=O)[C@@H](NC(=O)OC)C(C)(C)C)(C([2H])([2H])[2H])C([2H])([2H])[2H]. The molecule has 1 heterocycles. The van der Waals surface area contributed by atoms with Gasteiger partial charge < -0.3 is 44.7 Å². The number of aliphatic hydroxyl groups is 1. The Bertz CT molecular complexity index is 2030. The molecule has 5 N–H and O–H groups in total. The van der Waals surface area contributed by atoms with E-state index in [2.05, 4.69) is 21.0 Å². The van der Waals surface area contributed by atoms with E-state index in [1.807, 2.05) is 5.32 Å². The van der Waals surface area contributed by atoms with Crippen molar-refractivity contribution in [3.05, 3.63) is 90.1 Å². The molecule has 0 aliphatic heterocycles. The average molecular weight is 846 g/mol. The van der Waals surface area contributed by atoms with Gasteiger partial charge in [-0.05, 0) is 40.5 Å². The lowest BCUT2D eigenvalue weighted by atomic mass is 9.85. The number of nitrogens with one attached hydrogen (secondary N) is 4. The number of rotatable bonds is 23. The van der Waals surface area contributed by atoms with E-state index in [-0.39, 0.29) is 32.8 Å². The molecule has 0 fully saturated rings. The lowest BCUT2D eigenvalue weighted by Gasteiger charge is -2.35. The number of methoxy groups -OCH3 is 2. The predicted octanol–water partition coefficient (Wildman–Crippen LogP) is 4.26. The van der Waals surface area contributed by atoms with Gasteiger partial charge in [0.05, 0.1) is 58.0 Å². The van der Waals surface area contributed by atoms with Gasteiger partial charge >= 0.3 is 12.2 Å². The number of pyridine rings is 1. The molecule has 3 aromatic rings. The van der Waals surface area contributed by atoms with Crippen LogP contribution in [-0.4, -0.2) is 124 Å². The second-order valence-electron chi connectivity index (χ2n) is 14.8. The topological polar surface area (TPSA) is 199 Å². The van der Waals surface area contributed by atoms with Crippen LogP contribution in [0.5, 0.6) is 0 Å². The molecular weight excluding hydrogens is 773 g/mol. The van der Waals surface area contributed by atoms with E-state index < -0.39 is 92.8 Å². The number of alkyl carbamates (subject to hydrolysis) is 2. The molecule has 16 heteroatoms. The van der Waals surface area contributed by atoms with E-state index in [0.29, 0.717) is 35.6 Å². The van der Waals surface area contributed by atoms with Gasteiger partial charge in [-0.2, -0.15) is 0 Å². The average Bonchev–Trinajstić information content (AvgIpc) is 3.26. The lowest BCUT2D eigenvalue weighted by molar-refractivity contribution is -0.132. The number of hydrogen-bond donors (Lipinski definition) is 5. The summed E-state index contributed by atoms with van der Waals surface area (Å²) in [5.41, 5.74) is 0.00826. The Labute approximate surface area is 366 Å². The summed E-state index contributed by atoms with van der Waals surface area (Å²) in [7, 11) is 2.64. The zero-order valence-corrected chi connectivity index (χ0v) is 34.7. The first-order valence-corrected chi connectivity index (χ1v) is 19.3. The predicted molar refractivity (Wildman–Crippen MR) is 226 cm³/mol. The van der Waals surface area contributed by atoms with Crippen molar-refractivity contribution in [1.82, 2.24) is 31.4 Å². The van der Waals surface area contributed by atoms with Gasteiger partial charge in [0.1, 0.15) is 18.7 Å². The Morgan fingerprint density at radius 3 is 1.95 bits per heavy atom. The number of hydrogen-bond acceptors (Lipinski definition) is 12. The Hall–Kier alpha value is -5.13. The number of hydrazine groups is 1. The van der Waals surface area contributed by atoms with Crippen molar-refractivity contribution in [2.24, 2.45) is 10.8 Å². The summed E-state index contributed by atoms with van der Waals surface area (Å²) in [6.45, 7) is -7.59. The highest BCUT2D eigenvalue weighted by Gasteiger charge is 2.37. The molecule has 4 atom stereocenters. The zero-order chi connectivity index (χ0) is 51.6. The minimum atomic E-state index is -3.98. The zero-order valence-electron chi connectivity index (χ0n) is 43.7. The van der Waals surface area contributed by atoms with Crippen LogP contribution in [0, 0.1) is 10.8 Å². The quantitative estimate of drug-likeness (QED) is 0.0673. The van der Waals surface area contributed by atoms with Gasteiger partial charge in [0.25, 0.3) is 5.91 Å². The maximum Gasteiger partial charge on any atom is 0.407 e. The maximum absolute atomic E-state index is 14.7. The number of amides is 4. The number of carbonyl (C=O) groups is 4. The van der Waals surface area contributed by atoms with Crippen molar-refractivity contribution >= 4 is 24.0 Å². The molecule has 0 aliphatic carbocycles. The van der Waals surface area contributed by atoms with Crippen LogP contribution in [0.3, 0.4) is 0 Å². The summed E-state index contributed by atoms with van der Waals surface area (Å²) in [6, 6.07) is 15.5. The largest absolute Gasteiger partial charge is 0.453 e. The first kappa shape index (κ1) is 36.7. The third-order valence-electron chi connectivity index (χ3n) is 8.85. The summed E-state index contributed by atoms with van der Waals surface area (Å²) >= 11 is 0. The maximum atomic E-state index is 14.7. The molecule has 4 amide bonds. The molecule has 0 saturated heterocycles. The summed E-state index contributed by atoms with van der Waals surface area (Å²) < 4.78 is 101. The van der Waals surface area contributed by atoms with E-state index in [9.17, 15) is 24.3 Å². The Balaban J connectivity index is 2.11. The van der Waals surface area contributed by atoms with Crippen molar-refractivity contribution in [3.63, 3.8) is 0 Å². The van der Waals surface area contributed by atoms with E-state index in [4.69, 9.17) is 36.0 Å². The van der Waals surface area contributed by atoms with Gasteiger partial charge in [0.2, 0.25) is 5.91 Å².